The van der Waals surface area contributed by atoms with Gasteiger partial charge in [-0.3, -0.25) is 0 Å². The van der Waals surface area contributed by atoms with E-state index < -0.39 is 5.97 Å². The molecule has 0 fully saturated rings. The third kappa shape index (κ3) is 2.73. The molecule has 1 heterocycles. The number of benzene rings is 1. The van der Waals surface area contributed by atoms with E-state index in [1.54, 1.807) is 43.5 Å². The smallest absolute Gasteiger partial charge is 0.352 e. The van der Waals surface area contributed by atoms with Gasteiger partial charge in [0.05, 0.1) is 11.3 Å². The summed E-state index contributed by atoms with van der Waals surface area (Å²) in [5, 5.41) is 18.9. The summed E-state index contributed by atoms with van der Waals surface area (Å²) in [5.41, 5.74) is 1.91. The number of aromatic carboxylic acids is 1. The van der Waals surface area contributed by atoms with Crippen LogP contribution in [0, 0.1) is 11.3 Å². The number of allylic oxidation sites excluding steroid dienone is 1. The molecule has 4 nitrogen and oxygen atoms in total. The monoisotopic (exact) mass is 286 g/mol. The Labute approximate surface area is 121 Å². The predicted molar refractivity (Wildman–Crippen MR) is 77.3 cm³/mol. The molecule has 0 atom stereocenters. The van der Waals surface area contributed by atoms with E-state index in [0.717, 1.165) is 5.56 Å². The van der Waals surface area contributed by atoms with Crippen molar-refractivity contribution in [1.29, 1.82) is 5.26 Å². The van der Waals surface area contributed by atoms with Crippen molar-refractivity contribution in [3.05, 3.63) is 58.4 Å². The van der Waals surface area contributed by atoms with Gasteiger partial charge in [0.15, 0.2) is 0 Å². The first-order valence-corrected chi connectivity index (χ1v) is 6.17. The number of hydrogen-bond acceptors (Lipinski definition) is 2. The van der Waals surface area contributed by atoms with Gasteiger partial charge in [0.1, 0.15) is 11.8 Å². The van der Waals surface area contributed by atoms with E-state index in [-0.39, 0.29) is 5.69 Å². The van der Waals surface area contributed by atoms with Crippen molar-refractivity contribution in [3.8, 4) is 6.07 Å². The SMILES string of the molecule is Cn1c(C(=O)O)ccc1/C(C#N)=C/c1ccc(Cl)cc1. The lowest BCUT2D eigenvalue weighted by molar-refractivity contribution is 0.0686. The van der Waals surface area contributed by atoms with Crippen molar-refractivity contribution in [2.75, 3.05) is 0 Å². The minimum absolute atomic E-state index is 0.136. The van der Waals surface area contributed by atoms with Crippen LogP contribution in [0.4, 0.5) is 0 Å². The molecule has 1 aromatic carbocycles. The molecule has 0 aliphatic carbocycles. The molecule has 2 rings (SSSR count). The van der Waals surface area contributed by atoms with Crippen LogP contribution < -0.4 is 0 Å². The lowest BCUT2D eigenvalue weighted by atomic mass is 10.1. The first-order valence-electron chi connectivity index (χ1n) is 5.79. The number of carboxylic acid groups (broad SMARTS) is 1. The highest BCUT2D eigenvalue weighted by atomic mass is 35.5. The Balaban J connectivity index is 2.46. The fourth-order valence-electron chi connectivity index (χ4n) is 1.89. The first-order chi connectivity index (χ1) is 9.52. The number of nitrogens with zero attached hydrogens (tertiary/aromatic N) is 2. The molecule has 0 saturated carbocycles. The van der Waals surface area contributed by atoms with Gasteiger partial charge in [-0.05, 0) is 35.9 Å². The lowest BCUT2D eigenvalue weighted by Gasteiger charge is -2.04. The number of hydrogen-bond donors (Lipinski definition) is 1. The molecule has 2 aromatic rings. The van der Waals surface area contributed by atoms with Gasteiger partial charge in [-0.2, -0.15) is 5.26 Å². The Hall–Kier alpha value is -2.51. The summed E-state index contributed by atoms with van der Waals surface area (Å²) in [5.74, 6) is -1.03. The summed E-state index contributed by atoms with van der Waals surface area (Å²) in [7, 11) is 1.62. The van der Waals surface area contributed by atoms with Crippen LogP contribution in [0.15, 0.2) is 36.4 Å². The number of nitriles is 1. The Kier molecular flexibility index (Phi) is 3.92. The molecule has 1 N–H and O–H groups in total. The van der Waals surface area contributed by atoms with Gasteiger partial charge >= 0.3 is 5.97 Å². The molecule has 0 aliphatic heterocycles. The van der Waals surface area contributed by atoms with E-state index >= 15 is 0 Å². The van der Waals surface area contributed by atoms with Crippen LogP contribution in [0.1, 0.15) is 21.7 Å². The van der Waals surface area contributed by atoms with Crippen LogP contribution in [-0.4, -0.2) is 15.6 Å². The molecule has 0 amide bonds. The third-order valence-electron chi connectivity index (χ3n) is 2.92. The molecule has 100 valence electrons. The molecule has 0 radical (unpaired) electrons. The standard InChI is InChI=1S/C15H11ClN2O2/c1-18-13(6-7-14(18)15(19)20)11(9-17)8-10-2-4-12(16)5-3-10/h2-8H,1H3,(H,19,20)/b11-8+. The van der Waals surface area contributed by atoms with Crippen LogP contribution in [0.5, 0.6) is 0 Å². The lowest BCUT2D eigenvalue weighted by Crippen LogP contribution is -2.06. The number of carboxylic acids is 1. The quantitative estimate of drug-likeness (QED) is 0.879. The molecule has 1 aromatic heterocycles. The average molecular weight is 287 g/mol. The van der Waals surface area contributed by atoms with E-state index in [2.05, 4.69) is 6.07 Å². The van der Waals surface area contributed by atoms with Crippen LogP contribution in [0.25, 0.3) is 11.6 Å². The maximum Gasteiger partial charge on any atom is 0.352 e. The topological polar surface area (TPSA) is 66.0 Å². The largest absolute Gasteiger partial charge is 0.477 e. The fourth-order valence-corrected chi connectivity index (χ4v) is 2.01. The van der Waals surface area contributed by atoms with Crippen molar-refractivity contribution < 1.29 is 9.90 Å². The second kappa shape index (κ2) is 5.64. The number of aromatic nitrogens is 1. The Morgan fingerprint density at radius 1 is 1.25 bits per heavy atom. The predicted octanol–water partition coefficient (Wildman–Crippen LogP) is 3.44. The summed E-state index contributed by atoms with van der Waals surface area (Å²) < 4.78 is 1.48. The molecular formula is C15H11ClN2O2. The Morgan fingerprint density at radius 3 is 2.35 bits per heavy atom. The highest BCUT2D eigenvalue weighted by Crippen LogP contribution is 2.21. The van der Waals surface area contributed by atoms with E-state index in [4.69, 9.17) is 16.7 Å². The van der Waals surface area contributed by atoms with Gasteiger partial charge < -0.3 is 9.67 Å². The Bertz CT molecular complexity index is 721. The summed E-state index contributed by atoms with van der Waals surface area (Å²) >= 11 is 5.81. The summed E-state index contributed by atoms with van der Waals surface area (Å²) in [4.78, 5) is 11.0. The van der Waals surface area contributed by atoms with Crippen molar-refractivity contribution >= 4 is 29.2 Å². The van der Waals surface area contributed by atoms with Gasteiger partial charge in [-0.15, -0.1) is 0 Å². The van der Waals surface area contributed by atoms with Crippen LogP contribution >= 0.6 is 11.6 Å². The minimum Gasteiger partial charge on any atom is -0.477 e. The fraction of sp³-hybridized carbons (Fsp3) is 0.0667. The van der Waals surface area contributed by atoms with Crippen LogP contribution in [0.3, 0.4) is 0 Å². The summed E-state index contributed by atoms with van der Waals surface area (Å²) in [6, 6.07) is 12.2. The van der Waals surface area contributed by atoms with Crippen molar-refractivity contribution in [2.24, 2.45) is 7.05 Å². The maximum absolute atomic E-state index is 11.0. The second-order valence-electron chi connectivity index (χ2n) is 4.19. The molecule has 0 bridgehead atoms. The minimum atomic E-state index is -1.03. The number of rotatable bonds is 3. The highest BCUT2D eigenvalue weighted by Gasteiger charge is 2.13. The zero-order valence-corrected chi connectivity index (χ0v) is 11.4. The van der Waals surface area contributed by atoms with Gasteiger partial charge in [-0.25, -0.2) is 4.79 Å². The van der Waals surface area contributed by atoms with E-state index in [1.165, 1.54) is 10.6 Å². The molecule has 20 heavy (non-hydrogen) atoms. The molecule has 0 spiro atoms. The van der Waals surface area contributed by atoms with E-state index in [9.17, 15) is 10.1 Å². The van der Waals surface area contributed by atoms with Gasteiger partial charge in [0, 0.05) is 12.1 Å². The van der Waals surface area contributed by atoms with E-state index in [1.807, 2.05) is 0 Å². The Morgan fingerprint density at radius 2 is 1.85 bits per heavy atom. The third-order valence-corrected chi connectivity index (χ3v) is 3.17. The molecule has 5 heteroatoms. The zero-order valence-electron chi connectivity index (χ0n) is 10.7. The van der Waals surface area contributed by atoms with Gasteiger partial charge in [0.2, 0.25) is 0 Å². The maximum atomic E-state index is 11.0. The van der Waals surface area contributed by atoms with Crippen LogP contribution in [0.2, 0.25) is 5.02 Å². The molecular weight excluding hydrogens is 276 g/mol. The normalized spacial score (nSPS) is 11.2. The van der Waals surface area contributed by atoms with Crippen molar-refractivity contribution in [2.45, 2.75) is 0 Å². The molecule has 0 unspecified atom stereocenters. The molecule has 0 aliphatic rings. The van der Waals surface area contributed by atoms with E-state index in [0.29, 0.717) is 16.3 Å². The number of carbonyl (C=O) groups is 1. The summed E-state index contributed by atoms with van der Waals surface area (Å²) in [6.45, 7) is 0. The highest BCUT2D eigenvalue weighted by molar-refractivity contribution is 6.30. The van der Waals surface area contributed by atoms with Gasteiger partial charge in [-0.1, -0.05) is 23.7 Å². The van der Waals surface area contributed by atoms with Gasteiger partial charge in [0.25, 0.3) is 0 Å². The van der Waals surface area contributed by atoms with Crippen molar-refractivity contribution in [3.63, 3.8) is 0 Å². The van der Waals surface area contributed by atoms with Crippen LogP contribution in [-0.2, 0) is 7.05 Å². The first kappa shape index (κ1) is 13.9. The average Bonchev–Trinajstić information content (AvgIpc) is 2.80. The molecule has 0 saturated heterocycles. The second-order valence-corrected chi connectivity index (χ2v) is 4.63. The zero-order chi connectivity index (χ0) is 14.7. The number of halogens is 1. The summed E-state index contributed by atoms with van der Waals surface area (Å²) in [6.07, 6.45) is 1.69. The van der Waals surface area contributed by atoms with Crippen molar-refractivity contribution in [1.82, 2.24) is 4.57 Å².